The Morgan fingerprint density at radius 2 is 1.59 bits per heavy atom. The van der Waals surface area contributed by atoms with Gasteiger partial charge in [-0.25, -0.2) is 0 Å². The molecule has 1 aromatic heterocycles. The van der Waals surface area contributed by atoms with E-state index >= 15 is 0 Å². The first-order chi connectivity index (χ1) is 14.8. The molecule has 1 amide bonds. The van der Waals surface area contributed by atoms with Crippen molar-refractivity contribution in [3.63, 3.8) is 0 Å². The molecule has 5 nitrogen and oxygen atoms in total. The molecular weight excluding hydrogens is 471 g/mol. The summed E-state index contributed by atoms with van der Waals surface area (Å²) in [6.07, 6.45) is 0.695. The van der Waals surface area contributed by atoms with Gasteiger partial charge in [-0.3, -0.25) is 9.59 Å². The molecule has 1 aliphatic heterocycles. The first kappa shape index (κ1) is 24.3. The standard InChI is InChI=1S/C24H22Cl2N2O3.ClH/c1-27(2)14-21-11-18-13-28(8-7-22(18)31-21)24(30)16-5-3-15(4-6-16)23(29)17-9-19(25)12-20(26)10-17;/h3-6,9-12H,7-8,13-14H2,1-2H3;1H. The van der Waals surface area contributed by atoms with E-state index in [9.17, 15) is 9.59 Å². The van der Waals surface area contributed by atoms with Crippen LogP contribution in [0.1, 0.15) is 43.4 Å². The molecule has 0 saturated carbocycles. The fraction of sp³-hybridized carbons (Fsp3) is 0.250. The maximum Gasteiger partial charge on any atom is 0.254 e. The summed E-state index contributed by atoms with van der Waals surface area (Å²) in [5, 5.41) is 0.806. The third-order valence-electron chi connectivity index (χ3n) is 5.20. The minimum Gasteiger partial charge on any atom is -0.464 e. The van der Waals surface area contributed by atoms with Crippen LogP contribution in [0.5, 0.6) is 0 Å². The molecule has 3 aromatic rings. The number of amides is 1. The topological polar surface area (TPSA) is 53.8 Å². The highest BCUT2D eigenvalue weighted by atomic mass is 35.5. The Bertz CT molecular complexity index is 1120. The van der Waals surface area contributed by atoms with Gasteiger partial charge in [0, 0.05) is 51.8 Å². The summed E-state index contributed by atoms with van der Waals surface area (Å²) in [4.78, 5) is 29.6. The molecule has 0 radical (unpaired) electrons. The number of carbonyl (C=O) groups excluding carboxylic acids is 2. The molecule has 0 unspecified atom stereocenters. The number of furan rings is 1. The van der Waals surface area contributed by atoms with Crippen molar-refractivity contribution in [2.75, 3.05) is 20.6 Å². The summed E-state index contributed by atoms with van der Waals surface area (Å²) in [5.74, 6) is 1.61. The van der Waals surface area contributed by atoms with Gasteiger partial charge in [0.25, 0.3) is 5.91 Å². The average Bonchev–Trinajstić information content (AvgIpc) is 3.12. The number of benzene rings is 2. The Balaban J connectivity index is 0.00000289. The molecule has 4 rings (SSSR count). The zero-order valence-electron chi connectivity index (χ0n) is 17.7. The van der Waals surface area contributed by atoms with Crippen molar-refractivity contribution in [1.29, 1.82) is 0 Å². The second-order valence-electron chi connectivity index (χ2n) is 7.94. The van der Waals surface area contributed by atoms with Crippen LogP contribution < -0.4 is 0 Å². The lowest BCUT2D eigenvalue weighted by molar-refractivity contribution is 0.0729. The highest BCUT2D eigenvalue weighted by molar-refractivity contribution is 6.35. The molecule has 8 heteroatoms. The lowest BCUT2D eigenvalue weighted by Crippen LogP contribution is -2.35. The van der Waals surface area contributed by atoms with Crippen LogP contribution in [0, 0.1) is 0 Å². The SMILES string of the molecule is CN(C)Cc1cc2c(o1)CCN(C(=O)c1ccc(C(=O)c3cc(Cl)cc(Cl)c3)cc1)C2.Cl. The summed E-state index contributed by atoms with van der Waals surface area (Å²) in [6.45, 7) is 1.85. The molecular formula is C24H23Cl3N2O3. The molecule has 0 atom stereocenters. The van der Waals surface area contributed by atoms with Gasteiger partial charge in [0.15, 0.2) is 5.78 Å². The van der Waals surface area contributed by atoms with E-state index in [-0.39, 0.29) is 24.1 Å². The Morgan fingerprint density at radius 3 is 2.22 bits per heavy atom. The maximum atomic E-state index is 13.0. The van der Waals surface area contributed by atoms with Gasteiger partial charge in [0.1, 0.15) is 11.5 Å². The number of rotatable bonds is 5. The van der Waals surface area contributed by atoms with Crippen LogP contribution in [0.15, 0.2) is 52.9 Å². The number of nitrogens with zero attached hydrogens (tertiary/aromatic N) is 2. The maximum absolute atomic E-state index is 13.0. The van der Waals surface area contributed by atoms with Gasteiger partial charge in [-0.15, -0.1) is 12.4 Å². The van der Waals surface area contributed by atoms with Crippen LogP contribution in [0.3, 0.4) is 0 Å². The van der Waals surface area contributed by atoms with Crippen LogP contribution >= 0.6 is 35.6 Å². The molecule has 0 bridgehead atoms. The Morgan fingerprint density at radius 1 is 0.969 bits per heavy atom. The largest absolute Gasteiger partial charge is 0.464 e. The summed E-state index contributed by atoms with van der Waals surface area (Å²) < 4.78 is 5.92. The van der Waals surface area contributed by atoms with Gasteiger partial charge < -0.3 is 14.2 Å². The number of hydrogen-bond acceptors (Lipinski definition) is 4. The fourth-order valence-electron chi connectivity index (χ4n) is 3.76. The van der Waals surface area contributed by atoms with E-state index in [1.807, 2.05) is 30.0 Å². The van der Waals surface area contributed by atoms with E-state index in [0.717, 1.165) is 23.6 Å². The molecule has 0 saturated heterocycles. The van der Waals surface area contributed by atoms with E-state index in [2.05, 4.69) is 0 Å². The lowest BCUT2D eigenvalue weighted by atomic mass is 10.0. The highest BCUT2D eigenvalue weighted by Gasteiger charge is 2.25. The monoisotopic (exact) mass is 492 g/mol. The fourth-order valence-corrected chi connectivity index (χ4v) is 4.28. The number of fused-ring (bicyclic) bond motifs is 1. The third kappa shape index (κ3) is 5.36. The molecule has 0 N–H and O–H groups in total. The predicted octanol–water partition coefficient (Wildman–Crippen LogP) is 5.50. The second-order valence-corrected chi connectivity index (χ2v) is 8.81. The van der Waals surface area contributed by atoms with Gasteiger partial charge in [-0.1, -0.05) is 35.3 Å². The Labute approximate surface area is 203 Å². The Hall–Kier alpha value is -2.31. The van der Waals surface area contributed by atoms with E-state index in [0.29, 0.717) is 46.2 Å². The van der Waals surface area contributed by atoms with Crippen LogP contribution in [-0.4, -0.2) is 42.1 Å². The highest BCUT2D eigenvalue weighted by Crippen LogP contribution is 2.25. The normalized spacial score (nSPS) is 13.0. The van der Waals surface area contributed by atoms with Gasteiger partial charge >= 0.3 is 0 Å². The minimum atomic E-state index is -0.196. The quantitative estimate of drug-likeness (QED) is 0.441. The average molecular weight is 494 g/mol. The number of hydrogen-bond donors (Lipinski definition) is 0. The third-order valence-corrected chi connectivity index (χ3v) is 5.63. The van der Waals surface area contributed by atoms with Crippen molar-refractivity contribution in [3.8, 4) is 0 Å². The van der Waals surface area contributed by atoms with Gasteiger partial charge in [-0.2, -0.15) is 0 Å². The van der Waals surface area contributed by atoms with Crippen molar-refractivity contribution in [2.45, 2.75) is 19.5 Å². The molecule has 0 spiro atoms. The van der Waals surface area contributed by atoms with Crippen molar-refractivity contribution >= 4 is 47.3 Å². The van der Waals surface area contributed by atoms with Gasteiger partial charge in [0.05, 0.1) is 6.54 Å². The van der Waals surface area contributed by atoms with Crippen molar-refractivity contribution in [2.24, 2.45) is 0 Å². The van der Waals surface area contributed by atoms with E-state index < -0.39 is 0 Å². The van der Waals surface area contributed by atoms with E-state index in [1.165, 1.54) is 0 Å². The lowest BCUT2D eigenvalue weighted by Gasteiger charge is -2.26. The molecule has 1 aliphatic rings. The summed E-state index contributed by atoms with van der Waals surface area (Å²) >= 11 is 12.0. The van der Waals surface area contributed by atoms with Crippen molar-refractivity contribution in [1.82, 2.24) is 9.80 Å². The number of carbonyl (C=O) groups is 2. The second kappa shape index (κ2) is 10.1. The molecule has 168 valence electrons. The minimum absolute atomic E-state index is 0. The molecule has 32 heavy (non-hydrogen) atoms. The van der Waals surface area contributed by atoms with Gasteiger partial charge in [-0.05, 0) is 50.5 Å². The molecule has 0 fully saturated rings. The zero-order chi connectivity index (χ0) is 22.1. The van der Waals surface area contributed by atoms with Crippen molar-refractivity contribution in [3.05, 3.63) is 92.4 Å². The summed E-state index contributed by atoms with van der Waals surface area (Å²) in [7, 11) is 3.99. The van der Waals surface area contributed by atoms with E-state index in [4.69, 9.17) is 27.6 Å². The summed E-state index contributed by atoms with van der Waals surface area (Å²) in [6, 6.07) is 13.5. The smallest absolute Gasteiger partial charge is 0.254 e. The number of halogens is 3. The Kier molecular flexibility index (Phi) is 7.67. The molecule has 2 aromatic carbocycles. The van der Waals surface area contributed by atoms with Gasteiger partial charge in [0.2, 0.25) is 0 Å². The number of ketones is 1. The molecule has 0 aliphatic carbocycles. The first-order valence-electron chi connectivity index (χ1n) is 9.95. The van der Waals surface area contributed by atoms with Crippen LogP contribution in [0.2, 0.25) is 10.0 Å². The van der Waals surface area contributed by atoms with Crippen molar-refractivity contribution < 1.29 is 14.0 Å². The molecule has 2 heterocycles. The summed E-state index contributed by atoms with van der Waals surface area (Å²) in [5.41, 5.74) is 2.48. The van der Waals surface area contributed by atoms with Crippen LogP contribution in [-0.2, 0) is 19.5 Å². The first-order valence-corrected chi connectivity index (χ1v) is 10.7. The van der Waals surface area contributed by atoms with E-state index in [1.54, 1.807) is 42.5 Å². The van der Waals surface area contributed by atoms with Crippen LogP contribution in [0.25, 0.3) is 0 Å². The predicted molar refractivity (Wildman–Crippen MR) is 128 cm³/mol. The van der Waals surface area contributed by atoms with Crippen LogP contribution in [0.4, 0.5) is 0 Å². The zero-order valence-corrected chi connectivity index (χ0v) is 20.1.